The predicted octanol–water partition coefficient (Wildman–Crippen LogP) is 3.50. The summed E-state index contributed by atoms with van der Waals surface area (Å²) < 4.78 is 23.1. The lowest BCUT2D eigenvalue weighted by atomic mass is 9.97. The second-order valence-corrected chi connectivity index (χ2v) is 8.73. The molecule has 7 nitrogen and oxygen atoms in total. The number of halogens is 1. The van der Waals surface area contributed by atoms with E-state index >= 15 is 0 Å². The van der Waals surface area contributed by atoms with Crippen molar-refractivity contribution in [3.8, 4) is 22.4 Å². The number of nitrogens with two attached hydrogens (primary N) is 1. The first-order valence-corrected chi connectivity index (χ1v) is 10.9. The highest BCUT2D eigenvalue weighted by molar-refractivity contribution is 7.89. The van der Waals surface area contributed by atoms with Gasteiger partial charge in [-0.1, -0.05) is 35.9 Å². The third kappa shape index (κ3) is 5.22. The Kier molecular flexibility index (Phi) is 6.52. The Morgan fingerprint density at radius 3 is 2.27 bits per heavy atom. The van der Waals surface area contributed by atoms with E-state index in [-0.39, 0.29) is 11.3 Å². The highest BCUT2D eigenvalue weighted by atomic mass is 35.5. The molecule has 0 spiro atoms. The summed E-state index contributed by atoms with van der Waals surface area (Å²) in [7, 11) is -2.52. The molecule has 9 heteroatoms. The average Bonchev–Trinajstić information content (AvgIpc) is 2.72. The fraction of sp³-hybridized carbons (Fsp3) is 0.143. The standard InChI is InChI=1S/C21H20ClN3O4S/c1-25(27)20(26)11-2-14-12-19(15-5-9-18(10-6-15)30(23,28)29)21(24-13-14)16-3-7-17(22)8-4-16/h3-10,12-13,27H,2,11H2,1H3,(H2,23,28,29). The quantitative estimate of drug-likeness (QED) is 0.445. The van der Waals surface area contributed by atoms with E-state index in [1.54, 1.807) is 30.5 Å². The number of primary sulfonamides is 1. The lowest BCUT2D eigenvalue weighted by molar-refractivity contribution is -0.159. The highest BCUT2D eigenvalue weighted by Crippen LogP contribution is 2.32. The summed E-state index contributed by atoms with van der Waals surface area (Å²) in [6.07, 6.45) is 2.19. The van der Waals surface area contributed by atoms with Crippen molar-refractivity contribution in [1.82, 2.24) is 10.0 Å². The maximum Gasteiger partial charge on any atom is 0.245 e. The van der Waals surface area contributed by atoms with Gasteiger partial charge in [-0.3, -0.25) is 15.0 Å². The van der Waals surface area contributed by atoms with Gasteiger partial charge in [0.05, 0.1) is 10.6 Å². The minimum Gasteiger partial charge on any atom is -0.286 e. The van der Waals surface area contributed by atoms with Crippen molar-refractivity contribution < 1.29 is 18.4 Å². The summed E-state index contributed by atoms with van der Waals surface area (Å²) in [6.45, 7) is 0. The van der Waals surface area contributed by atoms with Gasteiger partial charge in [-0.2, -0.15) is 0 Å². The van der Waals surface area contributed by atoms with Crippen LogP contribution in [0.15, 0.2) is 65.7 Å². The van der Waals surface area contributed by atoms with Gasteiger partial charge in [0.1, 0.15) is 0 Å². The number of nitrogens with zero attached hydrogens (tertiary/aromatic N) is 2. The maximum atomic E-state index is 11.7. The van der Waals surface area contributed by atoms with Gasteiger partial charge in [0.15, 0.2) is 0 Å². The van der Waals surface area contributed by atoms with Crippen LogP contribution < -0.4 is 5.14 Å². The molecule has 1 aromatic heterocycles. The molecule has 1 heterocycles. The molecule has 0 aliphatic heterocycles. The van der Waals surface area contributed by atoms with Gasteiger partial charge in [0.25, 0.3) is 0 Å². The fourth-order valence-electron chi connectivity index (χ4n) is 2.94. The third-order valence-electron chi connectivity index (χ3n) is 4.54. The third-order valence-corrected chi connectivity index (χ3v) is 5.73. The summed E-state index contributed by atoms with van der Waals surface area (Å²) >= 11 is 5.99. The first-order chi connectivity index (χ1) is 14.1. The van der Waals surface area contributed by atoms with E-state index in [9.17, 15) is 18.4 Å². The molecule has 0 bridgehead atoms. The largest absolute Gasteiger partial charge is 0.286 e. The van der Waals surface area contributed by atoms with Crippen molar-refractivity contribution in [1.29, 1.82) is 0 Å². The molecule has 2 aromatic carbocycles. The van der Waals surface area contributed by atoms with E-state index < -0.39 is 15.9 Å². The van der Waals surface area contributed by atoms with Crippen molar-refractivity contribution in [2.45, 2.75) is 17.7 Å². The molecule has 0 saturated heterocycles. The molecule has 0 unspecified atom stereocenters. The number of aromatic nitrogens is 1. The van der Waals surface area contributed by atoms with Gasteiger partial charge in [-0.05, 0) is 47.9 Å². The Bertz CT molecular complexity index is 1160. The minimum atomic E-state index is -3.80. The fourth-order valence-corrected chi connectivity index (χ4v) is 3.58. The van der Waals surface area contributed by atoms with E-state index in [0.717, 1.165) is 22.3 Å². The van der Waals surface area contributed by atoms with Gasteiger partial charge in [-0.25, -0.2) is 18.6 Å². The van der Waals surface area contributed by atoms with E-state index in [4.69, 9.17) is 16.7 Å². The van der Waals surface area contributed by atoms with Crippen molar-refractivity contribution in [2.75, 3.05) is 7.05 Å². The van der Waals surface area contributed by atoms with Crippen molar-refractivity contribution in [2.24, 2.45) is 5.14 Å². The zero-order valence-corrected chi connectivity index (χ0v) is 17.7. The Balaban J connectivity index is 2.05. The normalized spacial score (nSPS) is 11.3. The van der Waals surface area contributed by atoms with Crippen LogP contribution in [0.1, 0.15) is 12.0 Å². The lowest BCUT2D eigenvalue weighted by Gasteiger charge is -2.13. The molecule has 0 aliphatic rings. The molecule has 156 valence electrons. The molecule has 0 radical (unpaired) electrons. The number of hydrogen-bond acceptors (Lipinski definition) is 5. The smallest absolute Gasteiger partial charge is 0.245 e. The van der Waals surface area contributed by atoms with Crippen molar-refractivity contribution in [3.63, 3.8) is 0 Å². The second kappa shape index (κ2) is 8.93. The molecule has 3 aromatic rings. The molecule has 0 atom stereocenters. The lowest BCUT2D eigenvalue weighted by Crippen LogP contribution is -2.22. The number of rotatable bonds is 6. The Hall–Kier alpha value is -2.78. The van der Waals surface area contributed by atoms with Gasteiger partial charge < -0.3 is 0 Å². The summed E-state index contributed by atoms with van der Waals surface area (Å²) in [6, 6.07) is 15.3. The summed E-state index contributed by atoms with van der Waals surface area (Å²) in [5.74, 6) is -0.407. The molecule has 3 N–H and O–H groups in total. The van der Waals surface area contributed by atoms with Gasteiger partial charge >= 0.3 is 0 Å². The number of aryl methyl sites for hydroxylation is 1. The SMILES string of the molecule is CN(O)C(=O)CCc1cnc(-c2ccc(Cl)cc2)c(-c2ccc(S(N)(=O)=O)cc2)c1. The van der Waals surface area contributed by atoms with E-state index in [1.807, 2.05) is 18.2 Å². The van der Waals surface area contributed by atoms with Crippen LogP contribution in [0.4, 0.5) is 0 Å². The Morgan fingerprint density at radius 2 is 1.70 bits per heavy atom. The topological polar surface area (TPSA) is 114 Å². The summed E-state index contributed by atoms with van der Waals surface area (Å²) in [5.41, 5.74) is 3.83. The van der Waals surface area contributed by atoms with E-state index in [1.165, 1.54) is 19.2 Å². The number of carbonyl (C=O) groups excluding carboxylic acids is 1. The number of sulfonamides is 1. The number of benzene rings is 2. The number of pyridine rings is 1. The van der Waals surface area contributed by atoms with Crippen LogP contribution in [0, 0.1) is 0 Å². The second-order valence-electron chi connectivity index (χ2n) is 6.73. The van der Waals surface area contributed by atoms with Crippen LogP contribution in [-0.4, -0.2) is 36.6 Å². The number of amides is 1. The van der Waals surface area contributed by atoms with Gasteiger partial charge in [0, 0.05) is 35.8 Å². The first kappa shape index (κ1) is 21.9. The predicted molar refractivity (Wildman–Crippen MR) is 114 cm³/mol. The molecular formula is C21H20ClN3O4S. The molecule has 0 fully saturated rings. The number of hydrogen-bond donors (Lipinski definition) is 2. The minimum absolute atomic E-state index is 0.0139. The molecule has 30 heavy (non-hydrogen) atoms. The Labute approximate surface area is 179 Å². The van der Waals surface area contributed by atoms with E-state index in [0.29, 0.717) is 22.2 Å². The van der Waals surface area contributed by atoms with Gasteiger partial charge in [0.2, 0.25) is 15.9 Å². The van der Waals surface area contributed by atoms with Crippen LogP contribution in [-0.2, 0) is 21.2 Å². The molecule has 0 aliphatic carbocycles. The van der Waals surface area contributed by atoms with Crippen LogP contribution in [0.3, 0.4) is 0 Å². The van der Waals surface area contributed by atoms with Crippen LogP contribution in [0.25, 0.3) is 22.4 Å². The van der Waals surface area contributed by atoms with Crippen molar-refractivity contribution >= 4 is 27.5 Å². The van der Waals surface area contributed by atoms with Crippen LogP contribution in [0.2, 0.25) is 5.02 Å². The molecule has 3 rings (SSSR count). The summed E-state index contributed by atoms with van der Waals surface area (Å²) in [4.78, 5) is 16.3. The van der Waals surface area contributed by atoms with Crippen LogP contribution >= 0.6 is 11.6 Å². The van der Waals surface area contributed by atoms with Crippen LogP contribution in [0.5, 0.6) is 0 Å². The van der Waals surface area contributed by atoms with Crippen molar-refractivity contribution in [3.05, 3.63) is 71.4 Å². The van der Waals surface area contributed by atoms with Gasteiger partial charge in [-0.15, -0.1) is 0 Å². The zero-order valence-electron chi connectivity index (χ0n) is 16.1. The highest BCUT2D eigenvalue weighted by Gasteiger charge is 2.14. The molecular weight excluding hydrogens is 426 g/mol. The van der Waals surface area contributed by atoms with E-state index in [2.05, 4.69) is 4.98 Å². The number of carbonyl (C=O) groups is 1. The number of hydroxylamine groups is 2. The monoisotopic (exact) mass is 445 g/mol. The zero-order chi connectivity index (χ0) is 21.9. The Morgan fingerprint density at radius 1 is 1.10 bits per heavy atom. The first-order valence-electron chi connectivity index (χ1n) is 8.98. The molecule has 1 amide bonds. The maximum absolute atomic E-state index is 11.7. The average molecular weight is 446 g/mol. The summed E-state index contributed by atoms with van der Waals surface area (Å²) in [5, 5.41) is 15.6. The molecule has 0 saturated carbocycles.